The van der Waals surface area contributed by atoms with Gasteiger partial charge in [0.05, 0.1) is 11.0 Å². The van der Waals surface area contributed by atoms with E-state index in [1.165, 1.54) is 0 Å². The Bertz CT molecular complexity index is 229. The molecule has 0 saturated heterocycles. The molecule has 1 N–H and O–H groups in total. The van der Waals surface area contributed by atoms with Crippen LogP contribution in [0.5, 0.6) is 0 Å². The first-order valence-corrected chi connectivity index (χ1v) is 4.32. The van der Waals surface area contributed by atoms with Crippen molar-refractivity contribution in [3.8, 4) is 0 Å². The third-order valence-corrected chi connectivity index (χ3v) is 1.81. The molecule has 0 radical (unpaired) electrons. The lowest BCUT2D eigenvalue weighted by Crippen LogP contribution is -2.14. The quantitative estimate of drug-likeness (QED) is 0.675. The van der Waals surface area contributed by atoms with Crippen LogP contribution in [0.1, 0.15) is 13.3 Å². The summed E-state index contributed by atoms with van der Waals surface area (Å²) < 4.78 is 5.28. The van der Waals surface area contributed by atoms with E-state index in [-0.39, 0.29) is 0 Å². The highest BCUT2D eigenvalue weighted by molar-refractivity contribution is 7.80. The van der Waals surface area contributed by atoms with Crippen molar-refractivity contribution in [1.29, 1.82) is 0 Å². The zero-order chi connectivity index (χ0) is 8.97. The Hall–Kier alpha value is -0.670. The molecule has 12 heavy (non-hydrogen) atoms. The van der Waals surface area contributed by atoms with Gasteiger partial charge in [-0.25, -0.2) is 0 Å². The average molecular weight is 184 g/mol. The van der Waals surface area contributed by atoms with Gasteiger partial charge in [0.25, 0.3) is 0 Å². The molecule has 0 aliphatic heterocycles. The Morgan fingerprint density at radius 2 is 2.50 bits per heavy atom. The molecule has 66 valence electrons. The zero-order valence-corrected chi connectivity index (χ0v) is 7.80. The van der Waals surface area contributed by atoms with Gasteiger partial charge in [-0.1, -0.05) is 24.4 Å². The largest absolute Gasteiger partial charge is 0.490 e. The fraction of sp³-hybridized carbons (Fsp3) is 0.444. The van der Waals surface area contributed by atoms with E-state index in [1.807, 2.05) is 18.2 Å². The van der Waals surface area contributed by atoms with Crippen molar-refractivity contribution in [2.45, 2.75) is 19.4 Å². The second-order valence-electron chi connectivity index (χ2n) is 2.75. The van der Waals surface area contributed by atoms with Gasteiger partial charge in [0, 0.05) is 6.42 Å². The van der Waals surface area contributed by atoms with Crippen LogP contribution in [0.2, 0.25) is 0 Å². The Balaban J connectivity index is 2.45. The van der Waals surface area contributed by atoms with Crippen LogP contribution >= 0.6 is 12.2 Å². The minimum absolute atomic E-state index is 0.305. The van der Waals surface area contributed by atoms with Crippen LogP contribution in [0.25, 0.3) is 0 Å². The number of ether oxygens (including phenoxy) is 1. The zero-order valence-electron chi connectivity index (χ0n) is 6.99. The minimum Gasteiger partial charge on any atom is -0.490 e. The van der Waals surface area contributed by atoms with Gasteiger partial charge in [0.2, 0.25) is 0 Å². The second-order valence-corrected chi connectivity index (χ2v) is 3.24. The van der Waals surface area contributed by atoms with E-state index >= 15 is 0 Å². The van der Waals surface area contributed by atoms with Gasteiger partial charge in [-0.15, -0.1) is 0 Å². The summed E-state index contributed by atoms with van der Waals surface area (Å²) in [5, 5.41) is 8.96. The molecule has 1 aliphatic carbocycles. The van der Waals surface area contributed by atoms with E-state index in [1.54, 1.807) is 6.92 Å². The number of hydrogen-bond acceptors (Lipinski definition) is 3. The molecule has 0 amide bonds. The SMILES string of the molecule is CC(O)COC1=CC=CCC1=S. The summed E-state index contributed by atoms with van der Waals surface area (Å²) in [5.74, 6) is 0.716. The van der Waals surface area contributed by atoms with Crippen molar-refractivity contribution < 1.29 is 9.84 Å². The summed E-state index contributed by atoms with van der Waals surface area (Å²) in [4.78, 5) is 0.804. The van der Waals surface area contributed by atoms with Gasteiger partial charge < -0.3 is 9.84 Å². The Morgan fingerprint density at radius 3 is 3.08 bits per heavy atom. The lowest BCUT2D eigenvalue weighted by atomic mass is 10.1. The van der Waals surface area contributed by atoms with Crippen LogP contribution in [0.4, 0.5) is 0 Å². The Labute approximate surface area is 77.5 Å². The fourth-order valence-corrected chi connectivity index (χ4v) is 1.09. The summed E-state index contributed by atoms with van der Waals surface area (Å²) >= 11 is 5.05. The van der Waals surface area contributed by atoms with E-state index in [4.69, 9.17) is 22.1 Å². The third kappa shape index (κ3) is 2.75. The number of allylic oxidation sites excluding steroid dienone is 4. The maximum absolute atomic E-state index is 8.96. The monoisotopic (exact) mass is 184 g/mol. The lowest BCUT2D eigenvalue weighted by molar-refractivity contribution is 0.0909. The van der Waals surface area contributed by atoms with Crippen LogP contribution in [-0.4, -0.2) is 22.7 Å². The molecular weight excluding hydrogens is 172 g/mol. The van der Waals surface area contributed by atoms with Crippen molar-refractivity contribution in [3.05, 3.63) is 24.0 Å². The molecule has 0 aromatic carbocycles. The first-order chi connectivity index (χ1) is 5.70. The Morgan fingerprint density at radius 1 is 1.75 bits per heavy atom. The lowest BCUT2D eigenvalue weighted by Gasteiger charge is -2.13. The topological polar surface area (TPSA) is 29.5 Å². The number of aliphatic hydroxyl groups is 1. The number of rotatable bonds is 3. The fourth-order valence-electron chi connectivity index (χ4n) is 0.863. The van der Waals surface area contributed by atoms with Gasteiger partial charge >= 0.3 is 0 Å². The molecule has 0 fully saturated rings. The standard InChI is InChI=1S/C9H12O2S/c1-7(10)6-11-8-4-2-3-5-9(8)12/h2-4,7,10H,5-6H2,1H3. The predicted octanol–water partition coefficient (Wildman–Crippen LogP) is 1.60. The molecule has 0 bridgehead atoms. The molecule has 0 aromatic rings. The average Bonchev–Trinajstić information content (AvgIpc) is 2.03. The summed E-state index contributed by atoms with van der Waals surface area (Å²) in [6.07, 6.45) is 6.04. The summed E-state index contributed by atoms with van der Waals surface area (Å²) in [7, 11) is 0. The Kier molecular flexibility index (Phi) is 3.44. The second kappa shape index (κ2) is 4.38. The van der Waals surface area contributed by atoms with Gasteiger partial charge in [-0.2, -0.15) is 0 Å². The van der Waals surface area contributed by atoms with Crippen LogP contribution < -0.4 is 0 Å². The first kappa shape index (κ1) is 9.42. The maximum atomic E-state index is 8.96. The molecular formula is C9H12O2S. The van der Waals surface area contributed by atoms with Crippen molar-refractivity contribution in [1.82, 2.24) is 0 Å². The van der Waals surface area contributed by atoms with Crippen molar-refractivity contribution in [2.24, 2.45) is 0 Å². The van der Waals surface area contributed by atoms with Gasteiger partial charge in [-0.3, -0.25) is 0 Å². The van der Waals surface area contributed by atoms with Gasteiger partial charge in [0.15, 0.2) is 0 Å². The predicted molar refractivity (Wildman–Crippen MR) is 52.1 cm³/mol. The van der Waals surface area contributed by atoms with E-state index in [2.05, 4.69) is 0 Å². The van der Waals surface area contributed by atoms with Crippen molar-refractivity contribution in [2.75, 3.05) is 6.61 Å². The highest BCUT2D eigenvalue weighted by atomic mass is 32.1. The van der Waals surface area contributed by atoms with Crippen molar-refractivity contribution >= 4 is 17.1 Å². The van der Waals surface area contributed by atoms with Gasteiger partial charge in [-0.05, 0) is 13.0 Å². The summed E-state index contributed by atoms with van der Waals surface area (Å²) in [6, 6.07) is 0. The smallest absolute Gasteiger partial charge is 0.133 e. The molecule has 2 nitrogen and oxygen atoms in total. The molecule has 0 heterocycles. The van der Waals surface area contributed by atoms with E-state index in [0.717, 1.165) is 11.3 Å². The summed E-state index contributed by atoms with van der Waals surface area (Å²) in [6.45, 7) is 1.99. The highest BCUT2D eigenvalue weighted by Gasteiger charge is 2.08. The van der Waals surface area contributed by atoms with Crippen LogP contribution in [0.15, 0.2) is 24.0 Å². The minimum atomic E-state index is -0.445. The van der Waals surface area contributed by atoms with E-state index < -0.39 is 6.10 Å². The van der Waals surface area contributed by atoms with Crippen LogP contribution in [-0.2, 0) is 4.74 Å². The number of thiocarbonyl (C=S) groups is 1. The summed E-state index contributed by atoms with van der Waals surface area (Å²) in [5.41, 5.74) is 0. The molecule has 1 unspecified atom stereocenters. The third-order valence-electron chi connectivity index (χ3n) is 1.44. The van der Waals surface area contributed by atoms with E-state index in [9.17, 15) is 0 Å². The van der Waals surface area contributed by atoms with Crippen molar-refractivity contribution in [3.63, 3.8) is 0 Å². The molecule has 1 aliphatic rings. The molecule has 0 saturated carbocycles. The maximum Gasteiger partial charge on any atom is 0.133 e. The molecule has 3 heteroatoms. The van der Waals surface area contributed by atoms with Gasteiger partial charge in [0.1, 0.15) is 12.4 Å². The molecule has 0 aromatic heterocycles. The van der Waals surface area contributed by atoms with E-state index in [0.29, 0.717) is 12.4 Å². The normalized spacial score (nSPS) is 18.8. The molecule has 0 spiro atoms. The highest BCUT2D eigenvalue weighted by Crippen LogP contribution is 2.11. The molecule has 1 atom stereocenters. The van der Waals surface area contributed by atoms with Crippen LogP contribution in [0, 0.1) is 0 Å². The molecule has 1 rings (SSSR count). The number of hydrogen-bond donors (Lipinski definition) is 1. The number of aliphatic hydroxyl groups excluding tert-OH is 1. The van der Waals surface area contributed by atoms with Crippen LogP contribution in [0.3, 0.4) is 0 Å². The first-order valence-electron chi connectivity index (χ1n) is 3.91.